The summed E-state index contributed by atoms with van der Waals surface area (Å²) in [7, 11) is 5.63. The van der Waals surface area contributed by atoms with Crippen molar-refractivity contribution in [1.29, 1.82) is 0 Å². The van der Waals surface area contributed by atoms with Crippen LogP contribution < -0.4 is 5.32 Å². The van der Waals surface area contributed by atoms with E-state index in [0.29, 0.717) is 13.1 Å². The van der Waals surface area contributed by atoms with E-state index in [1.165, 1.54) is 4.88 Å². The van der Waals surface area contributed by atoms with Gasteiger partial charge in [-0.1, -0.05) is 0 Å². The molecule has 0 aliphatic rings. The van der Waals surface area contributed by atoms with Gasteiger partial charge < -0.3 is 10.2 Å². The SMILES string of the molecule is CN=C(NCc1nc(C)c(C)s1)N(C)Cc1ncnn1C.I. The van der Waals surface area contributed by atoms with Crippen LogP contribution in [0.15, 0.2) is 11.3 Å². The topological polar surface area (TPSA) is 71.2 Å². The van der Waals surface area contributed by atoms with Gasteiger partial charge in [0.05, 0.1) is 18.8 Å². The van der Waals surface area contributed by atoms with Crippen LogP contribution in [-0.4, -0.2) is 44.7 Å². The summed E-state index contributed by atoms with van der Waals surface area (Å²) in [5, 5.41) is 8.46. The van der Waals surface area contributed by atoms with E-state index < -0.39 is 0 Å². The molecule has 0 spiro atoms. The van der Waals surface area contributed by atoms with E-state index in [1.807, 2.05) is 25.9 Å². The predicted octanol–water partition coefficient (Wildman–Crippen LogP) is 1.71. The summed E-state index contributed by atoms with van der Waals surface area (Å²) in [6, 6.07) is 0. The maximum Gasteiger partial charge on any atom is 0.194 e. The number of halogens is 1. The van der Waals surface area contributed by atoms with Gasteiger partial charge in [-0.05, 0) is 13.8 Å². The van der Waals surface area contributed by atoms with Gasteiger partial charge >= 0.3 is 0 Å². The summed E-state index contributed by atoms with van der Waals surface area (Å²) in [6.07, 6.45) is 1.56. The molecule has 0 unspecified atom stereocenters. The second-order valence-electron chi connectivity index (χ2n) is 4.81. The molecule has 9 heteroatoms. The number of thiazole rings is 1. The highest BCUT2D eigenvalue weighted by Gasteiger charge is 2.11. The number of guanidine groups is 1. The van der Waals surface area contributed by atoms with Crippen LogP contribution in [-0.2, 0) is 20.1 Å². The fourth-order valence-electron chi connectivity index (χ4n) is 1.90. The maximum atomic E-state index is 4.52. The summed E-state index contributed by atoms with van der Waals surface area (Å²) in [5.41, 5.74) is 1.10. The molecule has 2 aromatic heterocycles. The van der Waals surface area contributed by atoms with E-state index in [2.05, 4.69) is 32.3 Å². The molecule has 0 saturated heterocycles. The normalized spacial score (nSPS) is 11.2. The number of hydrogen-bond donors (Lipinski definition) is 1. The summed E-state index contributed by atoms with van der Waals surface area (Å²) >= 11 is 1.71. The van der Waals surface area contributed by atoms with Gasteiger partial charge in [0.15, 0.2) is 5.96 Å². The van der Waals surface area contributed by atoms with Gasteiger partial charge in [-0.25, -0.2) is 9.97 Å². The van der Waals surface area contributed by atoms with Crippen molar-refractivity contribution in [2.24, 2.45) is 12.0 Å². The van der Waals surface area contributed by atoms with Gasteiger partial charge in [0.1, 0.15) is 17.2 Å². The molecule has 0 aliphatic heterocycles. The molecule has 2 aromatic rings. The summed E-state index contributed by atoms with van der Waals surface area (Å²) in [6.45, 7) is 5.44. The van der Waals surface area contributed by atoms with Crippen molar-refractivity contribution in [2.75, 3.05) is 14.1 Å². The molecule has 0 amide bonds. The third kappa shape index (κ3) is 4.63. The average Bonchev–Trinajstić information content (AvgIpc) is 2.98. The molecule has 0 atom stereocenters. The molecule has 0 bridgehead atoms. The predicted molar refractivity (Wildman–Crippen MR) is 99.7 cm³/mol. The first-order chi connectivity index (χ1) is 10.0. The molecule has 0 aromatic carbocycles. The first-order valence-corrected chi connectivity index (χ1v) is 7.50. The van der Waals surface area contributed by atoms with E-state index >= 15 is 0 Å². The van der Waals surface area contributed by atoms with Crippen LogP contribution in [0.5, 0.6) is 0 Å². The van der Waals surface area contributed by atoms with Crippen molar-refractivity contribution >= 4 is 41.3 Å². The number of aliphatic imine (C=N–C) groups is 1. The second-order valence-corrected chi connectivity index (χ2v) is 6.09. The lowest BCUT2D eigenvalue weighted by Gasteiger charge is -2.21. The second kappa shape index (κ2) is 8.42. The average molecular weight is 435 g/mol. The van der Waals surface area contributed by atoms with Crippen molar-refractivity contribution in [3.63, 3.8) is 0 Å². The smallest absolute Gasteiger partial charge is 0.194 e. The summed E-state index contributed by atoms with van der Waals surface area (Å²) in [5.74, 6) is 1.70. The minimum absolute atomic E-state index is 0. The highest BCUT2D eigenvalue weighted by atomic mass is 127. The van der Waals surface area contributed by atoms with E-state index in [0.717, 1.165) is 22.5 Å². The van der Waals surface area contributed by atoms with E-state index in [4.69, 9.17) is 0 Å². The minimum Gasteiger partial charge on any atom is -0.350 e. The summed E-state index contributed by atoms with van der Waals surface area (Å²) < 4.78 is 1.76. The molecular weight excluding hydrogens is 413 g/mol. The Morgan fingerprint density at radius 2 is 2.18 bits per heavy atom. The molecule has 7 nitrogen and oxygen atoms in total. The molecule has 0 aliphatic carbocycles. The van der Waals surface area contributed by atoms with Crippen molar-refractivity contribution < 1.29 is 0 Å². The van der Waals surface area contributed by atoms with Crippen LogP contribution in [0.1, 0.15) is 21.4 Å². The third-order valence-corrected chi connectivity index (χ3v) is 4.30. The fraction of sp³-hybridized carbons (Fsp3) is 0.538. The first-order valence-electron chi connectivity index (χ1n) is 6.68. The van der Waals surface area contributed by atoms with Gasteiger partial charge in [0, 0.05) is 26.0 Å². The van der Waals surface area contributed by atoms with Crippen molar-refractivity contribution in [1.82, 2.24) is 30.0 Å². The summed E-state index contributed by atoms with van der Waals surface area (Å²) in [4.78, 5) is 16.3. The Morgan fingerprint density at radius 3 is 2.68 bits per heavy atom. The Labute approximate surface area is 151 Å². The molecule has 2 rings (SSSR count). The van der Waals surface area contributed by atoms with Crippen molar-refractivity contribution in [3.05, 3.63) is 27.7 Å². The van der Waals surface area contributed by atoms with Crippen molar-refractivity contribution in [3.8, 4) is 0 Å². The van der Waals surface area contributed by atoms with Crippen LogP contribution in [0.25, 0.3) is 0 Å². The van der Waals surface area contributed by atoms with E-state index in [-0.39, 0.29) is 24.0 Å². The number of nitrogens with zero attached hydrogens (tertiary/aromatic N) is 6. The molecule has 1 N–H and O–H groups in total. The van der Waals surface area contributed by atoms with Gasteiger partial charge in [-0.3, -0.25) is 9.67 Å². The van der Waals surface area contributed by atoms with Crippen LogP contribution >= 0.6 is 35.3 Å². The zero-order chi connectivity index (χ0) is 15.4. The van der Waals surface area contributed by atoms with Gasteiger partial charge in [0.25, 0.3) is 0 Å². The lowest BCUT2D eigenvalue weighted by atomic mass is 10.4. The molecule has 122 valence electrons. The van der Waals surface area contributed by atoms with Gasteiger partial charge in [-0.2, -0.15) is 5.10 Å². The number of nitrogens with one attached hydrogen (secondary N) is 1. The molecule has 0 radical (unpaired) electrons. The number of aryl methyl sites for hydroxylation is 3. The van der Waals surface area contributed by atoms with Gasteiger partial charge in [0.2, 0.25) is 0 Å². The standard InChI is InChI=1S/C13H21N7S.HI/c1-9-10(2)21-12(18-9)6-15-13(14-3)19(4)7-11-16-8-17-20(11)5;/h8H,6-7H2,1-5H3,(H,14,15);1H. The van der Waals surface area contributed by atoms with Crippen LogP contribution in [0.4, 0.5) is 0 Å². The zero-order valence-corrected chi connectivity index (χ0v) is 16.6. The highest BCUT2D eigenvalue weighted by molar-refractivity contribution is 14.0. The monoisotopic (exact) mass is 435 g/mol. The lowest BCUT2D eigenvalue weighted by molar-refractivity contribution is 0.448. The molecule has 0 fully saturated rings. The Balaban J connectivity index is 0.00000242. The molecule has 22 heavy (non-hydrogen) atoms. The number of hydrogen-bond acceptors (Lipinski definition) is 5. The highest BCUT2D eigenvalue weighted by Crippen LogP contribution is 2.16. The van der Waals surface area contributed by atoms with Crippen LogP contribution in [0.2, 0.25) is 0 Å². The van der Waals surface area contributed by atoms with Crippen molar-refractivity contribution in [2.45, 2.75) is 26.9 Å². The Hall–Kier alpha value is -1.23. The zero-order valence-electron chi connectivity index (χ0n) is 13.5. The van der Waals surface area contributed by atoms with Crippen LogP contribution in [0.3, 0.4) is 0 Å². The fourth-order valence-corrected chi connectivity index (χ4v) is 2.78. The molecule has 2 heterocycles. The number of rotatable bonds is 4. The minimum atomic E-state index is 0. The Morgan fingerprint density at radius 1 is 1.45 bits per heavy atom. The van der Waals surface area contributed by atoms with Gasteiger partial charge in [-0.15, -0.1) is 35.3 Å². The molecular formula is C13H22IN7S. The first kappa shape index (κ1) is 18.8. The number of aromatic nitrogens is 4. The Kier molecular flexibility index (Phi) is 7.20. The van der Waals surface area contributed by atoms with E-state index in [9.17, 15) is 0 Å². The van der Waals surface area contributed by atoms with E-state index in [1.54, 1.807) is 29.4 Å². The maximum absolute atomic E-state index is 4.52. The Bertz CT molecular complexity index is 615. The van der Waals surface area contributed by atoms with Crippen LogP contribution in [0, 0.1) is 13.8 Å². The quantitative estimate of drug-likeness (QED) is 0.450. The lowest BCUT2D eigenvalue weighted by Crippen LogP contribution is -2.38. The largest absolute Gasteiger partial charge is 0.350 e. The molecule has 0 saturated carbocycles. The third-order valence-electron chi connectivity index (χ3n) is 3.23.